The van der Waals surface area contributed by atoms with Crippen molar-refractivity contribution >= 4 is 11.6 Å². The number of imidazole rings is 1. The molecule has 0 aliphatic heterocycles. The van der Waals surface area contributed by atoms with Crippen molar-refractivity contribution in [3.8, 4) is 0 Å². The van der Waals surface area contributed by atoms with Crippen molar-refractivity contribution < 1.29 is 4.79 Å². The summed E-state index contributed by atoms with van der Waals surface area (Å²) in [7, 11) is 0. The SMILES string of the molecule is Cc1nc(CCNC(=O)c2nc3ccccn3c2C)nc2c1CCC2. The van der Waals surface area contributed by atoms with E-state index in [1.807, 2.05) is 42.6 Å². The Labute approximate surface area is 146 Å². The van der Waals surface area contributed by atoms with Crippen LogP contribution in [-0.2, 0) is 19.3 Å². The molecule has 0 fully saturated rings. The number of aryl methyl sites for hydroxylation is 3. The highest BCUT2D eigenvalue weighted by Crippen LogP contribution is 2.22. The molecule has 0 unspecified atom stereocenters. The maximum absolute atomic E-state index is 12.5. The summed E-state index contributed by atoms with van der Waals surface area (Å²) in [5, 5.41) is 2.94. The normalized spacial score (nSPS) is 13.2. The summed E-state index contributed by atoms with van der Waals surface area (Å²) >= 11 is 0. The van der Waals surface area contributed by atoms with Gasteiger partial charge in [-0.15, -0.1) is 0 Å². The van der Waals surface area contributed by atoms with E-state index in [0.717, 1.165) is 42.1 Å². The van der Waals surface area contributed by atoms with Crippen molar-refractivity contribution in [2.75, 3.05) is 6.54 Å². The first-order valence-electron chi connectivity index (χ1n) is 8.70. The summed E-state index contributed by atoms with van der Waals surface area (Å²) < 4.78 is 1.92. The molecule has 0 aromatic carbocycles. The number of fused-ring (bicyclic) bond motifs is 2. The molecule has 0 saturated heterocycles. The fourth-order valence-electron chi connectivity index (χ4n) is 3.50. The minimum atomic E-state index is -0.154. The fourth-order valence-corrected chi connectivity index (χ4v) is 3.50. The van der Waals surface area contributed by atoms with E-state index in [-0.39, 0.29) is 5.91 Å². The second-order valence-electron chi connectivity index (χ2n) is 6.48. The van der Waals surface area contributed by atoms with Gasteiger partial charge in [-0.1, -0.05) is 6.07 Å². The van der Waals surface area contributed by atoms with Gasteiger partial charge in [0.2, 0.25) is 0 Å². The quantitative estimate of drug-likeness (QED) is 0.793. The second kappa shape index (κ2) is 6.27. The molecule has 3 heterocycles. The van der Waals surface area contributed by atoms with Crippen LogP contribution in [-0.4, -0.2) is 31.8 Å². The first-order chi connectivity index (χ1) is 12.1. The Morgan fingerprint density at radius 3 is 2.92 bits per heavy atom. The molecule has 1 aliphatic carbocycles. The van der Waals surface area contributed by atoms with Crippen molar-refractivity contribution in [2.45, 2.75) is 39.5 Å². The lowest BCUT2D eigenvalue weighted by Gasteiger charge is -2.07. The largest absolute Gasteiger partial charge is 0.350 e. The van der Waals surface area contributed by atoms with Crippen LogP contribution in [0.15, 0.2) is 24.4 Å². The number of carbonyl (C=O) groups is 1. The minimum Gasteiger partial charge on any atom is -0.350 e. The third-order valence-electron chi connectivity index (χ3n) is 4.80. The van der Waals surface area contributed by atoms with E-state index in [1.54, 1.807) is 0 Å². The zero-order valence-corrected chi connectivity index (χ0v) is 14.5. The van der Waals surface area contributed by atoms with E-state index in [2.05, 4.69) is 20.3 Å². The minimum absolute atomic E-state index is 0.154. The number of hydrogen-bond acceptors (Lipinski definition) is 4. The molecule has 3 aromatic rings. The number of carbonyl (C=O) groups excluding carboxylic acids is 1. The number of nitrogens with one attached hydrogen (secondary N) is 1. The topological polar surface area (TPSA) is 72.2 Å². The monoisotopic (exact) mass is 335 g/mol. The fraction of sp³-hybridized carbons (Fsp3) is 0.368. The van der Waals surface area contributed by atoms with Crippen molar-refractivity contribution in [2.24, 2.45) is 0 Å². The van der Waals surface area contributed by atoms with Crippen LogP contribution >= 0.6 is 0 Å². The zero-order valence-electron chi connectivity index (χ0n) is 14.5. The molecule has 0 saturated carbocycles. The van der Waals surface area contributed by atoms with Crippen LogP contribution in [0.2, 0.25) is 0 Å². The molecule has 4 rings (SSSR count). The van der Waals surface area contributed by atoms with Gasteiger partial charge in [-0.05, 0) is 50.8 Å². The maximum Gasteiger partial charge on any atom is 0.271 e. The Hall–Kier alpha value is -2.76. The molecular weight excluding hydrogens is 314 g/mol. The number of aromatic nitrogens is 4. The predicted molar refractivity (Wildman–Crippen MR) is 94.8 cm³/mol. The summed E-state index contributed by atoms with van der Waals surface area (Å²) in [6.45, 7) is 4.46. The molecule has 1 amide bonds. The Morgan fingerprint density at radius 1 is 1.20 bits per heavy atom. The Bertz CT molecular complexity index is 960. The van der Waals surface area contributed by atoms with Crippen LogP contribution in [0.3, 0.4) is 0 Å². The van der Waals surface area contributed by atoms with E-state index in [0.29, 0.717) is 18.7 Å². The van der Waals surface area contributed by atoms with E-state index in [4.69, 9.17) is 0 Å². The highest BCUT2D eigenvalue weighted by atomic mass is 16.1. The Morgan fingerprint density at radius 2 is 2.08 bits per heavy atom. The average Bonchev–Trinajstić information content (AvgIpc) is 3.20. The molecule has 0 atom stereocenters. The van der Waals surface area contributed by atoms with E-state index in [9.17, 15) is 4.79 Å². The van der Waals surface area contributed by atoms with Gasteiger partial charge < -0.3 is 9.72 Å². The van der Waals surface area contributed by atoms with Crippen molar-refractivity contribution in [1.82, 2.24) is 24.7 Å². The van der Waals surface area contributed by atoms with Gasteiger partial charge in [0, 0.05) is 30.6 Å². The number of nitrogens with zero attached hydrogens (tertiary/aromatic N) is 4. The van der Waals surface area contributed by atoms with Crippen LogP contribution in [0.4, 0.5) is 0 Å². The maximum atomic E-state index is 12.5. The number of rotatable bonds is 4. The van der Waals surface area contributed by atoms with E-state index >= 15 is 0 Å². The lowest BCUT2D eigenvalue weighted by molar-refractivity contribution is 0.0949. The molecule has 3 aromatic heterocycles. The van der Waals surface area contributed by atoms with Crippen LogP contribution in [0, 0.1) is 13.8 Å². The number of hydrogen-bond donors (Lipinski definition) is 1. The number of pyridine rings is 1. The first kappa shape index (κ1) is 15.7. The molecule has 1 aliphatic rings. The van der Waals surface area contributed by atoms with Crippen molar-refractivity contribution in [3.63, 3.8) is 0 Å². The first-order valence-corrected chi connectivity index (χ1v) is 8.70. The lowest BCUT2D eigenvalue weighted by atomic mass is 10.2. The van der Waals surface area contributed by atoms with E-state index in [1.165, 1.54) is 11.3 Å². The third kappa shape index (κ3) is 2.88. The smallest absolute Gasteiger partial charge is 0.271 e. The Balaban J connectivity index is 1.44. The van der Waals surface area contributed by atoms with E-state index < -0.39 is 0 Å². The molecule has 25 heavy (non-hydrogen) atoms. The van der Waals surface area contributed by atoms with Gasteiger partial charge in [-0.3, -0.25) is 4.79 Å². The van der Waals surface area contributed by atoms with Crippen molar-refractivity contribution in [1.29, 1.82) is 0 Å². The standard InChI is InChI=1S/C19H21N5O/c1-12-14-6-5-7-15(14)22-16(21-12)9-10-20-19(25)18-13(2)24-11-4-3-8-17(24)23-18/h3-4,8,11H,5-7,9-10H2,1-2H3,(H,20,25). The molecule has 6 nitrogen and oxygen atoms in total. The molecule has 128 valence electrons. The third-order valence-corrected chi connectivity index (χ3v) is 4.80. The lowest BCUT2D eigenvalue weighted by Crippen LogP contribution is -2.27. The van der Waals surface area contributed by atoms with Crippen molar-refractivity contribution in [3.05, 3.63) is 58.6 Å². The zero-order chi connectivity index (χ0) is 17.4. The van der Waals surface area contributed by atoms with Gasteiger partial charge in [0.05, 0.1) is 5.69 Å². The van der Waals surface area contributed by atoms with Gasteiger partial charge in [0.25, 0.3) is 5.91 Å². The van der Waals surface area contributed by atoms with Crippen LogP contribution in [0.1, 0.15) is 45.4 Å². The van der Waals surface area contributed by atoms with Gasteiger partial charge in [0.15, 0.2) is 0 Å². The van der Waals surface area contributed by atoms with Gasteiger partial charge in [-0.2, -0.15) is 0 Å². The molecular formula is C19H21N5O. The molecule has 0 radical (unpaired) electrons. The van der Waals surface area contributed by atoms with Gasteiger partial charge >= 0.3 is 0 Å². The molecule has 1 N–H and O–H groups in total. The van der Waals surface area contributed by atoms with Crippen LogP contribution in [0.25, 0.3) is 5.65 Å². The predicted octanol–water partition coefficient (Wildman–Crippen LogP) is 2.20. The summed E-state index contributed by atoms with van der Waals surface area (Å²) in [5.41, 5.74) is 5.68. The van der Waals surface area contributed by atoms with Gasteiger partial charge in [0.1, 0.15) is 17.2 Å². The van der Waals surface area contributed by atoms with Gasteiger partial charge in [-0.25, -0.2) is 15.0 Å². The molecule has 6 heteroatoms. The molecule has 0 bridgehead atoms. The number of amides is 1. The van der Waals surface area contributed by atoms with Crippen LogP contribution in [0.5, 0.6) is 0 Å². The second-order valence-corrected chi connectivity index (χ2v) is 6.48. The summed E-state index contributed by atoms with van der Waals surface area (Å²) in [5.74, 6) is 0.657. The van der Waals surface area contributed by atoms with Crippen LogP contribution < -0.4 is 5.32 Å². The highest BCUT2D eigenvalue weighted by molar-refractivity contribution is 5.94. The molecule has 0 spiro atoms. The summed E-state index contributed by atoms with van der Waals surface area (Å²) in [6.07, 6.45) is 5.84. The highest BCUT2D eigenvalue weighted by Gasteiger charge is 2.18. The average molecular weight is 335 g/mol. The summed E-state index contributed by atoms with van der Waals surface area (Å²) in [4.78, 5) is 26.1. The Kier molecular flexibility index (Phi) is 3.95. The summed E-state index contributed by atoms with van der Waals surface area (Å²) in [6, 6.07) is 5.73.